The van der Waals surface area contributed by atoms with E-state index in [-0.39, 0.29) is 17.7 Å². The molecule has 0 aliphatic carbocycles. The maximum absolute atomic E-state index is 13.1. The van der Waals surface area contributed by atoms with E-state index in [0.29, 0.717) is 13.0 Å². The van der Waals surface area contributed by atoms with Crippen molar-refractivity contribution in [2.75, 3.05) is 18.5 Å². The van der Waals surface area contributed by atoms with E-state index >= 15 is 0 Å². The largest absolute Gasteiger partial charge is 0.374 e. The molecule has 2 aromatic carbocycles. The third kappa shape index (κ3) is 3.78. The van der Waals surface area contributed by atoms with Crippen LogP contribution >= 0.6 is 0 Å². The van der Waals surface area contributed by atoms with Gasteiger partial charge in [0.05, 0.1) is 0 Å². The molecule has 0 aromatic heterocycles. The summed E-state index contributed by atoms with van der Waals surface area (Å²) in [6.07, 6.45) is 0.707. The molecule has 20 heavy (non-hydrogen) atoms. The highest BCUT2D eigenvalue weighted by Crippen LogP contribution is 2.18. The van der Waals surface area contributed by atoms with Crippen molar-refractivity contribution in [3.8, 4) is 0 Å². The molecule has 2 N–H and O–H groups in total. The van der Waals surface area contributed by atoms with Gasteiger partial charge >= 0.3 is 0 Å². The number of halogens is 2. The van der Waals surface area contributed by atoms with Gasteiger partial charge < -0.3 is 10.6 Å². The second-order valence-electron chi connectivity index (χ2n) is 4.85. The molecule has 0 spiro atoms. The summed E-state index contributed by atoms with van der Waals surface area (Å²) in [6, 6.07) is 12.5. The summed E-state index contributed by atoms with van der Waals surface area (Å²) in [7, 11) is 1.89. The number of nitrogens with zero attached hydrogens (tertiary/aromatic N) is 1. The van der Waals surface area contributed by atoms with Crippen LogP contribution in [0.1, 0.15) is 18.0 Å². The first-order valence-corrected chi connectivity index (χ1v) is 6.54. The van der Waals surface area contributed by atoms with Crippen LogP contribution in [0.2, 0.25) is 0 Å². The fourth-order valence-electron chi connectivity index (χ4n) is 2.05. The van der Waals surface area contributed by atoms with Gasteiger partial charge in [-0.1, -0.05) is 18.2 Å². The Morgan fingerprint density at radius 3 is 2.40 bits per heavy atom. The van der Waals surface area contributed by atoms with Gasteiger partial charge in [0.15, 0.2) is 0 Å². The van der Waals surface area contributed by atoms with E-state index < -0.39 is 0 Å². The van der Waals surface area contributed by atoms with Crippen molar-refractivity contribution < 1.29 is 8.78 Å². The summed E-state index contributed by atoms with van der Waals surface area (Å²) in [5.74, 6) is -0.519. The molecule has 4 heteroatoms. The zero-order valence-corrected chi connectivity index (χ0v) is 11.4. The first kappa shape index (κ1) is 14.5. The van der Waals surface area contributed by atoms with Crippen LogP contribution in [0.15, 0.2) is 48.5 Å². The van der Waals surface area contributed by atoms with Crippen molar-refractivity contribution >= 4 is 5.69 Å². The number of anilines is 1. The topological polar surface area (TPSA) is 29.3 Å². The Labute approximate surface area is 117 Å². The van der Waals surface area contributed by atoms with Crippen LogP contribution in [0.5, 0.6) is 0 Å². The molecule has 2 aromatic rings. The lowest BCUT2D eigenvalue weighted by atomic mass is 10.0. The highest BCUT2D eigenvalue weighted by Gasteiger charge is 2.08. The minimum atomic E-state index is -0.266. The van der Waals surface area contributed by atoms with E-state index in [1.165, 1.54) is 24.3 Å². The minimum absolute atomic E-state index is 0.161. The van der Waals surface area contributed by atoms with Crippen LogP contribution in [0, 0.1) is 11.6 Å². The van der Waals surface area contributed by atoms with Crippen LogP contribution in [-0.2, 0) is 0 Å². The highest BCUT2D eigenvalue weighted by atomic mass is 19.1. The molecule has 0 saturated heterocycles. The summed E-state index contributed by atoms with van der Waals surface area (Å²) in [6.45, 7) is 0.696. The molecular formula is C16H18F2N2. The lowest BCUT2D eigenvalue weighted by molar-refractivity contribution is 0.616. The van der Waals surface area contributed by atoms with E-state index in [2.05, 4.69) is 0 Å². The quantitative estimate of drug-likeness (QED) is 0.905. The summed E-state index contributed by atoms with van der Waals surface area (Å²) in [5.41, 5.74) is 7.80. The van der Waals surface area contributed by atoms with Crippen molar-refractivity contribution in [1.82, 2.24) is 0 Å². The van der Waals surface area contributed by atoms with Crippen molar-refractivity contribution in [1.29, 1.82) is 0 Å². The van der Waals surface area contributed by atoms with Gasteiger partial charge in [-0.2, -0.15) is 0 Å². The third-order valence-corrected chi connectivity index (χ3v) is 3.32. The zero-order chi connectivity index (χ0) is 14.5. The summed E-state index contributed by atoms with van der Waals surface area (Å²) < 4.78 is 26.0. The molecule has 0 saturated carbocycles. The summed E-state index contributed by atoms with van der Waals surface area (Å²) in [4.78, 5) is 1.95. The second-order valence-corrected chi connectivity index (χ2v) is 4.85. The number of hydrogen-bond acceptors (Lipinski definition) is 2. The van der Waals surface area contributed by atoms with Gasteiger partial charge in [-0.25, -0.2) is 8.78 Å². The molecular weight excluding hydrogens is 258 g/mol. The zero-order valence-electron chi connectivity index (χ0n) is 11.4. The number of nitrogens with two attached hydrogens (primary N) is 1. The second kappa shape index (κ2) is 6.48. The van der Waals surface area contributed by atoms with Gasteiger partial charge in [-0.05, 0) is 42.3 Å². The van der Waals surface area contributed by atoms with Gasteiger partial charge in [0, 0.05) is 25.3 Å². The average molecular weight is 276 g/mol. The predicted molar refractivity (Wildman–Crippen MR) is 77.6 cm³/mol. The van der Waals surface area contributed by atoms with Gasteiger partial charge in [-0.3, -0.25) is 0 Å². The minimum Gasteiger partial charge on any atom is -0.374 e. The monoisotopic (exact) mass is 276 g/mol. The fourth-order valence-corrected chi connectivity index (χ4v) is 2.05. The van der Waals surface area contributed by atoms with Crippen molar-refractivity contribution in [3.63, 3.8) is 0 Å². The molecule has 0 amide bonds. The molecule has 106 valence electrons. The first-order chi connectivity index (χ1) is 9.56. The number of benzene rings is 2. The van der Waals surface area contributed by atoms with Gasteiger partial charge in [0.25, 0.3) is 0 Å². The smallest absolute Gasteiger partial charge is 0.125 e. The molecule has 0 fully saturated rings. The average Bonchev–Trinajstić information content (AvgIpc) is 2.45. The van der Waals surface area contributed by atoms with Gasteiger partial charge in [0.2, 0.25) is 0 Å². The standard InChI is InChI=1S/C16H18F2N2/c1-20(15-4-2-3-14(18)11-15)10-9-16(19)12-5-7-13(17)8-6-12/h2-8,11,16H,9-10,19H2,1H3. The normalized spacial score (nSPS) is 12.2. The number of hydrogen-bond donors (Lipinski definition) is 1. The summed E-state index contributed by atoms with van der Waals surface area (Å²) in [5, 5.41) is 0. The van der Waals surface area contributed by atoms with E-state index in [9.17, 15) is 8.78 Å². The van der Waals surface area contributed by atoms with E-state index in [1.54, 1.807) is 18.2 Å². The van der Waals surface area contributed by atoms with Crippen LogP contribution in [-0.4, -0.2) is 13.6 Å². The van der Waals surface area contributed by atoms with Gasteiger partial charge in [-0.15, -0.1) is 0 Å². The molecule has 0 aliphatic heterocycles. The van der Waals surface area contributed by atoms with E-state index in [0.717, 1.165) is 11.3 Å². The van der Waals surface area contributed by atoms with E-state index in [1.807, 2.05) is 18.0 Å². The van der Waals surface area contributed by atoms with Crippen LogP contribution in [0.4, 0.5) is 14.5 Å². The molecule has 0 bridgehead atoms. The van der Waals surface area contributed by atoms with Crippen LogP contribution in [0.25, 0.3) is 0 Å². The SMILES string of the molecule is CN(CCC(N)c1ccc(F)cc1)c1cccc(F)c1. The van der Waals surface area contributed by atoms with Crippen LogP contribution < -0.4 is 10.6 Å². The Bertz CT molecular complexity index is 555. The predicted octanol–water partition coefficient (Wildman–Crippen LogP) is 3.49. The molecule has 0 aliphatic rings. The summed E-state index contributed by atoms with van der Waals surface area (Å²) >= 11 is 0. The van der Waals surface area contributed by atoms with Crippen molar-refractivity contribution in [2.24, 2.45) is 5.73 Å². The van der Waals surface area contributed by atoms with Crippen molar-refractivity contribution in [3.05, 3.63) is 65.7 Å². The van der Waals surface area contributed by atoms with Crippen molar-refractivity contribution in [2.45, 2.75) is 12.5 Å². The third-order valence-electron chi connectivity index (χ3n) is 3.32. The fraction of sp³-hybridized carbons (Fsp3) is 0.250. The van der Waals surface area contributed by atoms with E-state index in [4.69, 9.17) is 5.73 Å². The molecule has 2 nitrogen and oxygen atoms in total. The molecule has 1 unspecified atom stereocenters. The molecule has 0 heterocycles. The lowest BCUT2D eigenvalue weighted by Crippen LogP contribution is -2.23. The Kier molecular flexibility index (Phi) is 4.69. The molecule has 2 rings (SSSR count). The Balaban J connectivity index is 1.93. The Morgan fingerprint density at radius 2 is 1.75 bits per heavy atom. The first-order valence-electron chi connectivity index (χ1n) is 6.54. The van der Waals surface area contributed by atoms with Gasteiger partial charge in [0.1, 0.15) is 11.6 Å². The molecule has 1 atom stereocenters. The Morgan fingerprint density at radius 1 is 1.05 bits per heavy atom. The maximum Gasteiger partial charge on any atom is 0.125 e. The number of rotatable bonds is 5. The molecule has 0 radical (unpaired) electrons. The lowest BCUT2D eigenvalue weighted by Gasteiger charge is -2.21. The maximum atomic E-state index is 13.1. The highest BCUT2D eigenvalue weighted by molar-refractivity contribution is 5.45. The van der Waals surface area contributed by atoms with Crippen LogP contribution in [0.3, 0.4) is 0 Å². The Hall–Kier alpha value is -1.94.